The van der Waals surface area contributed by atoms with Crippen LogP contribution < -0.4 is 4.74 Å². The average Bonchev–Trinajstić information content (AvgIpc) is 2.79. The molecule has 134 valence electrons. The van der Waals surface area contributed by atoms with Crippen LogP contribution in [0.4, 0.5) is 4.39 Å². The first-order valence-corrected chi connectivity index (χ1v) is 8.99. The van der Waals surface area contributed by atoms with Gasteiger partial charge in [-0.1, -0.05) is 19.3 Å². The van der Waals surface area contributed by atoms with Crippen molar-refractivity contribution in [2.75, 3.05) is 32.9 Å². The van der Waals surface area contributed by atoms with E-state index in [4.69, 9.17) is 9.47 Å². The zero-order valence-electron chi connectivity index (χ0n) is 14.5. The Morgan fingerprint density at radius 1 is 1.33 bits per heavy atom. The smallest absolute Gasteiger partial charge is 0.134 e. The highest BCUT2D eigenvalue weighted by atomic mass is 19.1. The van der Waals surface area contributed by atoms with Gasteiger partial charge in [-0.2, -0.15) is 0 Å². The van der Waals surface area contributed by atoms with Crippen LogP contribution in [0.3, 0.4) is 0 Å². The van der Waals surface area contributed by atoms with Crippen LogP contribution in [0, 0.1) is 12.7 Å². The summed E-state index contributed by atoms with van der Waals surface area (Å²) < 4.78 is 24.7. The van der Waals surface area contributed by atoms with Gasteiger partial charge in [0.2, 0.25) is 0 Å². The zero-order valence-corrected chi connectivity index (χ0v) is 14.5. The zero-order chi connectivity index (χ0) is 17.0. The maximum atomic E-state index is 13.3. The van der Waals surface area contributed by atoms with Crippen molar-refractivity contribution in [3.8, 4) is 5.75 Å². The third-order valence-electron chi connectivity index (χ3n) is 5.12. The second kappa shape index (κ2) is 7.81. The van der Waals surface area contributed by atoms with Crippen LogP contribution in [0.25, 0.3) is 0 Å². The van der Waals surface area contributed by atoms with Crippen molar-refractivity contribution in [3.63, 3.8) is 0 Å². The van der Waals surface area contributed by atoms with Crippen molar-refractivity contribution >= 4 is 0 Å². The lowest BCUT2D eigenvalue weighted by molar-refractivity contribution is -0.0681. The van der Waals surface area contributed by atoms with E-state index in [1.165, 1.54) is 38.2 Å². The van der Waals surface area contributed by atoms with Crippen molar-refractivity contribution in [1.29, 1.82) is 0 Å². The lowest BCUT2D eigenvalue weighted by Crippen LogP contribution is -2.51. The standard InChI is InChI=1S/C19H28FNO3/c1-15-11-17(7-8-18(15)20)24-14-19(22)12-21(9-10-23-13-19)16-5-3-2-4-6-16/h7-8,11,16,22H,2-6,9-10,12-14H2,1H3/t19-/m1/s1. The van der Waals surface area contributed by atoms with E-state index in [-0.39, 0.29) is 19.0 Å². The Labute approximate surface area is 143 Å². The molecule has 4 nitrogen and oxygen atoms in total. The van der Waals surface area contributed by atoms with Gasteiger partial charge in [-0.25, -0.2) is 4.39 Å². The average molecular weight is 337 g/mol. The van der Waals surface area contributed by atoms with Gasteiger partial charge in [0.15, 0.2) is 0 Å². The molecule has 2 fully saturated rings. The summed E-state index contributed by atoms with van der Waals surface area (Å²) in [5.41, 5.74) is -0.489. The highest BCUT2D eigenvalue weighted by Gasteiger charge is 2.36. The van der Waals surface area contributed by atoms with Crippen LogP contribution in [0.15, 0.2) is 18.2 Å². The monoisotopic (exact) mass is 337 g/mol. The largest absolute Gasteiger partial charge is 0.490 e. The minimum Gasteiger partial charge on any atom is -0.490 e. The summed E-state index contributed by atoms with van der Waals surface area (Å²) in [4.78, 5) is 2.37. The Balaban J connectivity index is 1.62. The normalized spacial score (nSPS) is 27.0. The molecule has 24 heavy (non-hydrogen) atoms. The van der Waals surface area contributed by atoms with Crippen molar-refractivity contribution in [2.24, 2.45) is 0 Å². The number of β-amino-alcohol motifs (C(OH)–C–C–N with tert-alkyl or cyclic N) is 1. The number of hydrogen-bond acceptors (Lipinski definition) is 4. The molecule has 1 aliphatic heterocycles. The summed E-state index contributed by atoms with van der Waals surface area (Å²) in [6.07, 6.45) is 6.26. The number of aliphatic hydroxyl groups is 1. The Bertz CT molecular complexity index is 547. The summed E-state index contributed by atoms with van der Waals surface area (Å²) in [6.45, 7) is 4.21. The molecule has 0 radical (unpaired) electrons. The Kier molecular flexibility index (Phi) is 5.74. The van der Waals surface area contributed by atoms with Gasteiger partial charge >= 0.3 is 0 Å². The molecule has 1 aromatic rings. The van der Waals surface area contributed by atoms with Crippen molar-refractivity contribution < 1.29 is 19.0 Å². The van der Waals surface area contributed by atoms with Gasteiger partial charge in [0.25, 0.3) is 0 Å². The van der Waals surface area contributed by atoms with Gasteiger partial charge in [0.1, 0.15) is 23.8 Å². The van der Waals surface area contributed by atoms with Crippen LogP contribution in [-0.2, 0) is 4.74 Å². The lowest BCUT2D eigenvalue weighted by Gasteiger charge is -2.37. The SMILES string of the molecule is Cc1cc(OC[C@]2(O)COCCN(C3CCCCC3)C2)ccc1F. The fourth-order valence-electron chi connectivity index (χ4n) is 3.72. The first-order valence-electron chi connectivity index (χ1n) is 8.99. The van der Waals surface area contributed by atoms with E-state index in [1.54, 1.807) is 19.1 Å². The van der Waals surface area contributed by atoms with Gasteiger partial charge in [-0.15, -0.1) is 0 Å². The van der Waals surface area contributed by atoms with E-state index in [1.807, 2.05) is 0 Å². The Hall–Kier alpha value is -1.17. The van der Waals surface area contributed by atoms with Gasteiger partial charge in [-0.05, 0) is 43.5 Å². The molecule has 0 spiro atoms. The molecule has 1 saturated heterocycles. The maximum Gasteiger partial charge on any atom is 0.134 e. The van der Waals surface area contributed by atoms with Crippen LogP contribution in [0.1, 0.15) is 37.7 Å². The fourth-order valence-corrected chi connectivity index (χ4v) is 3.72. The number of hydrogen-bond donors (Lipinski definition) is 1. The van der Waals surface area contributed by atoms with Gasteiger partial charge in [0.05, 0.1) is 13.2 Å². The molecule has 0 amide bonds. The van der Waals surface area contributed by atoms with Gasteiger partial charge < -0.3 is 14.6 Å². The maximum absolute atomic E-state index is 13.3. The first-order chi connectivity index (χ1) is 11.6. The van der Waals surface area contributed by atoms with Crippen molar-refractivity contribution in [1.82, 2.24) is 4.90 Å². The molecule has 1 atom stereocenters. The molecule has 0 bridgehead atoms. The van der Waals surface area contributed by atoms with E-state index in [0.29, 0.717) is 30.5 Å². The fraction of sp³-hybridized carbons (Fsp3) is 0.684. The molecule has 0 unspecified atom stereocenters. The molecule has 2 aliphatic rings. The highest BCUT2D eigenvalue weighted by molar-refractivity contribution is 5.28. The van der Waals surface area contributed by atoms with Crippen molar-refractivity contribution in [3.05, 3.63) is 29.6 Å². The molecular weight excluding hydrogens is 309 g/mol. The van der Waals surface area contributed by atoms with E-state index in [9.17, 15) is 9.50 Å². The van der Waals surface area contributed by atoms with Gasteiger partial charge in [0, 0.05) is 19.1 Å². The van der Waals surface area contributed by atoms with Crippen LogP contribution >= 0.6 is 0 Å². The predicted molar refractivity (Wildman–Crippen MR) is 90.8 cm³/mol. The number of nitrogens with zero attached hydrogens (tertiary/aromatic N) is 1. The number of aryl methyl sites for hydroxylation is 1. The number of halogens is 1. The molecular formula is C19H28FNO3. The summed E-state index contributed by atoms with van der Waals surface area (Å²) in [6, 6.07) is 5.20. The van der Waals surface area contributed by atoms with Gasteiger partial charge in [-0.3, -0.25) is 4.90 Å². The number of benzene rings is 1. The summed E-state index contributed by atoms with van der Waals surface area (Å²) in [5.74, 6) is 0.332. The highest BCUT2D eigenvalue weighted by Crippen LogP contribution is 2.26. The molecule has 1 N–H and O–H groups in total. The summed E-state index contributed by atoms with van der Waals surface area (Å²) >= 11 is 0. The summed E-state index contributed by atoms with van der Waals surface area (Å²) in [5, 5.41) is 11.0. The Morgan fingerprint density at radius 3 is 2.88 bits per heavy atom. The van der Waals surface area contributed by atoms with Crippen LogP contribution in [-0.4, -0.2) is 54.6 Å². The quantitative estimate of drug-likeness (QED) is 0.917. The third kappa shape index (κ3) is 4.47. The minimum atomic E-state index is -1.03. The molecule has 0 aromatic heterocycles. The third-order valence-corrected chi connectivity index (χ3v) is 5.12. The molecule has 1 aromatic carbocycles. The van der Waals surface area contributed by atoms with Crippen LogP contribution in [0.5, 0.6) is 5.75 Å². The molecule has 1 aliphatic carbocycles. The van der Waals surface area contributed by atoms with E-state index < -0.39 is 5.60 Å². The van der Waals surface area contributed by atoms with Crippen molar-refractivity contribution in [2.45, 2.75) is 50.7 Å². The van der Waals surface area contributed by atoms with E-state index in [0.717, 1.165) is 6.54 Å². The first kappa shape index (κ1) is 17.6. The van der Waals surface area contributed by atoms with Crippen LogP contribution in [0.2, 0.25) is 0 Å². The number of ether oxygens (including phenoxy) is 2. The lowest BCUT2D eigenvalue weighted by atomic mass is 9.93. The van der Waals surface area contributed by atoms with E-state index in [2.05, 4.69) is 4.90 Å². The topological polar surface area (TPSA) is 41.9 Å². The molecule has 3 rings (SSSR count). The predicted octanol–water partition coefficient (Wildman–Crippen LogP) is 2.91. The second-order valence-corrected chi connectivity index (χ2v) is 7.24. The minimum absolute atomic E-state index is 0.154. The summed E-state index contributed by atoms with van der Waals surface area (Å²) in [7, 11) is 0. The molecule has 5 heteroatoms. The second-order valence-electron chi connectivity index (χ2n) is 7.24. The Morgan fingerprint density at radius 2 is 2.12 bits per heavy atom. The number of rotatable bonds is 4. The molecule has 1 heterocycles. The molecule has 1 saturated carbocycles. The van der Waals surface area contributed by atoms with E-state index >= 15 is 0 Å².